The van der Waals surface area contributed by atoms with E-state index in [1.807, 2.05) is 22.7 Å². The van der Waals surface area contributed by atoms with Crippen molar-refractivity contribution in [3.63, 3.8) is 0 Å². The van der Waals surface area contributed by atoms with Gasteiger partial charge in [0.15, 0.2) is 0 Å². The predicted octanol–water partition coefficient (Wildman–Crippen LogP) is 1.79. The number of nitrogens with zero attached hydrogens (tertiary/aromatic N) is 2. The fourth-order valence-electron chi connectivity index (χ4n) is 3.30. The maximum absolute atomic E-state index is 11.3. The van der Waals surface area contributed by atoms with E-state index in [1.165, 1.54) is 19.3 Å². The van der Waals surface area contributed by atoms with E-state index in [0.29, 0.717) is 11.7 Å². The van der Waals surface area contributed by atoms with Gasteiger partial charge in [-0.2, -0.15) is 0 Å². The van der Waals surface area contributed by atoms with Crippen LogP contribution in [0.25, 0.3) is 5.65 Å². The zero-order valence-electron chi connectivity index (χ0n) is 13.0. The number of carbonyl (C=O) groups is 1. The van der Waals surface area contributed by atoms with E-state index < -0.39 is 5.91 Å². The van der Waals surface area contributed by atoms with Crippen molar-refractivity contribution in [1.82, 2.24) is 14.9 Å². The molecule has 1 fully saturated rings. The normalized spacial score (nSPS) is 15.7. The summed E-state index contributed by atoms with van der Waals surface area (Å²) in [7, 11) is 0. The molecule has 0 spiro atoms. The van der Waals surface area contributed by atoms with Gasteiger partial charge in [0, 0.05) is 12.1 Å². The molecule has 0 aromatic carbocycles. The first-order chi connectivity index (χ1) is 11.2. The van der Waals surface area contributed by atoms with Crippen molar-refractivity contribution in [1.29, 1.82) is 0 Å². The highest BCUT2D eigenvalue weighted by Crippen LogP contribution is 2.36. The SMILES string of the molecule is O=C(CNc1nc2cc(CO)ccn2c1C1CCCCC1)NO. The zero-order chi connectivity index (χ0) is 16.2. The molecule has 1 amide bonds. The van der Waals surface area contributed by atoms with Crippen molar-refractivity contribution in [2.45, 2.75) is 44.6 Å². The van der Waals surface area contributed by atoms with Gasteiger partial charge in [-0.05, 0) is 30.5 Å². The molecule has 7 heteroatoms. The van der Waals surface area contributed by atoms with Gasteiger partial charge in [-0.3, -0.25) is 10.0 Å². The second kappa shape index (κ2) is 6.97. The number of aliphatic hydroxyl groups is 1. The highest BCUT2D eigenvalue weighted by molar-refractivity contribution is 5.79. The average Bonchev–Trinajstić information content (AvgIpc) is 2.97. The lowest BCUT2D eigenvalue weighted by molar-refractivity contribution is -0.127. The second-order valence-electron chi connectivity index (χ2n) is 5.99. The van der Waals surface area contributed by atoms with Crippen molar-refractivity contribution in [2.24, 2.45) is 0 Å². The van der Waals surface area contributed by atoms with Crippen LogP contribution in [0.15, 0.2) is 18.3 Å². The average molecular weight is 318 g/mol. The van der Waals surface area contributed by atoms with Crippen molar-refractivity contribution in [3.8, 4) is 0 Å². The molecule has 0 saturated heterocycles. The fraction of sp³-hybridized carbons (Fsp3) is 0.500. The van der Waals surface area contributed by atoms with E-state index in [4.69, 9.17) is 5.21 Å². The highest BCUT2D eigenvalue weighted by Gasteiger charge is 2.24. The molecule has 3 rings (SSSR count). The number of hydrogen-bond donors (Lipinski definition) is 4. The Hall–Kier alpha value is -2.12. The van der Waals surface area contributed by atoms with Gasteiger partial charge in [-0.1, -0.05) is 19.3 Å². The Morgan fingerprint density at radius 2 is 2.13 bits per heavy atom. The minimum atomic E-state index is -0.507. The highest BCUT2D eigenvalue weighted by atomic mass is 16.5. The summed E-state index contributed by atoms with van der Waals surface area (Å²) in [5, 5.41) is 21.0. The van der Waals surface area contributed by atoms with Gasteiger partial charge in [0.25, 0.3) is 5.91 Å². The molecule has 4 N–H and O–H groups in total. The molecule has 23 heavy (non-hydrogen) atoms. The van der Waals surface area contributed by atoms with Gasteiger partial charge in [-0.15, -0.1) is 0 Å². The Morgan fingerprint density at radius 3 is 2.83 bits per heavy atom. The van der Waals surface area contributed by atoms with Gasteiger partial charge in [0.1, 0.15) is 11.5 Å². The molecule has 2 aromatic rings. The van der Waals surface area contributed by atoms with E-state index in [9.17, 15) is 9.90 Å². The largest absolute Gasteiger partial charge is 0.392 e. The van der Waals surface area contributed by atoms with Gasteiger partial charge in [-0.25, -0.2) is 10.5 Å². The summed E-state index contributed by atoms with van der Waals surface area (Å²) in [5.41, 5.74) is 4.25. The third-order valence-electron chi connectivity index (χ3n) is 4.44. The summed E-state index contributed by atoms with van der Waals surface area (Å²) in [6.07, 6.45) is 7.80. The van der Waals surface area contributed by atoms with Crippen LogP contribution in [0.1, 0.15) is 49.3 Å². The molecule has 1 aliphatic rings. The first-order valence-electron chi connectivity index (χ1n) is 8.01. The Balaban J connectivity index is 1.98. The molecule has 2 heterocycles. The molecule has 0 unspecified atom stereocenters. The van der Waals surface area contributed by atoms with Crippen LogP contribution in [-0.4, -0.2) is 32.2 Å². The van der Waals surface area contributed by atoms with Crippen LogP contribution in [0.2, 0.25) is 0 Å². The molecule has 124 valence electrons. The fourth-order valence-corrected chi connectivity index (χ4v) is 3.30. The van der Waals surface area contributed by atoms with Crippen LogP contribution in [0, 0.1) is 0 Å². The molecule has 0 atom stereocenters. The zero-order valence-corrected chi connectivity index (χ0v) is 13.0. The number of amides is 1. The molecule has 0 radical (unpaired) electrons. The summed E-state index contributed by atoms with van der Waals surface area (Å²) < 4.78 is 2.04. The number of imidazole rings is 1. The summed E-state index contributed by atoms with van der Waals surface area (Å²) in [6.45, 7) is -0.0647. The maximum atomic E-state index is 11.3. The predicted molar refractivity (Wildman–Crippen MR) is 85.4 cm³/mol. The van der Waals surface area contributed by atoms with Gasteiger partial charge < -0.3 is 14.8 Å². The molecule has 1 saturated carbocycles. The van der Waals surface area contributed by atoms with Gasteiger partial charge in [0.05, 0.1) is 18.8 Å². The smallest absolute Gasteiger partial charge is 0.262 e. The van der Waals surface area contributed by atoms with Crippen molar-refractivity contribution in [2.75, 3.05) is 11.9 Å². The van der Waals surface area contributed by atoms with Crippen LogP contribution in [-0.2, 0) is 11.4 Å². The number of hydroxylamine groups is 1. The topological polar surface area (TPSA) is 98.9 Å². The quantitative estimate of drug-likeness (QED) is 0.498. The van der Waals surface area contributed by atoms with Crippen molar-refractivity contribution < 1.29 is 15.1 Å². The monoisotopic (exact) mass is 318 g/mol. The number of anilines is 1. The lowest BCUT2D eigenvalue weighted by Gasteiger charge is -2.22. The maximum Gasteiger partial charge on any atom is 0.262 e. The number of hydrogen-bond acceptors (Lipinski definition) is 5. The van der Waals surface area contributed by atoms with Crippen LogP contribution < -0.4 is 10.8 Å². The van der Waals surface area contributed by atoms with Gasteiger partial charge >= 0.3 is 0 Å². The van der Waals surface area contributed by atoms with E-state index in [-0.39, 0.29) is 13.2 Å². The van der Waals surface area contributed by atoms with Crippen LogP contribution in [0.3, 0.4) is 0 Å². The third kappa shape index (κ3) is 3.30. The number of pyridine rings is 1. The summed E-state index contributed by atoms with van der Waals surface area (Å²) in [6, 6.07) is 3.73. The van der Waals surface area contributed by atoms with E-state index in [1.54, 1.807) is 5.48 Å². The summed E-state index contributed by atoms with van der Waals surface area (Å²) in [5.74, 6) is 0.571. The molecular formula is C16H22N4O3. The lowest BCUT2D eigenvalue weighted by Crippen LogP contribution is -2.27. The molecule has 1 aliphatic carbocycles. The Labute approximate surface area is 134 Å². The van der Waals surface area contributed by atoms with E-state index in [0.717, 1.165) is 29.7 Å². The third-order valence-corrected chi connectivity index (χ3v) is 4.44. The van der Waals surface area contributed by atoms with Crippen molar-refractivity contribution >= 4 is 17.4 Å². The number of nitrogens with one attached hydrogen (secondary N) is 2. The van der Waals surface area contributed by atoms with Crippen molar-refractivity contribution in [3.05, 3.63) is 29.6 Å². The number of aliphatic hydroxyl groups excluding tert-OH is 1. The molecule has 0 bridgehead atoms. The second-order valence-corrected chi connectivity index (χ2v) is 5.99. The molecular weight excluding hydrogens is 296 g/mol. The molecule has 2 aromatic heterocycles. The lowest BCUT2D eigenvalue weighted by atomic mass is 9.87. The van der Waals surface area contributed by atoms with Gasteiger partial charge in [0.2, 0.25) is 0 Å². The minimum Gasteiger partial charge on any atom is -0.392 e. The first kappa shape index (κ1) is 15.8. The minimum absolute atomic E-state index is 0.0300. The van der Waals surface area contributed by atoms with Crippen LogP contribution in [0.5, 0.6) is 0 Å². The summed E-state index contributed by atoms with van der Waals surface area (Å²) in [4.78, 5) is 15.9. The molecule has 0 aliphatic heterocycles. The number of carbonyl (C=O) groups excluding carboxylic acids is 1. The Kier molecular flexibility index (Phi) is 4.78. The Bertz CT molecular complexity index is 692. The number of rotatable bonds is 5. The first-order valence-corrected chi connectivity index (χ1v) is 8.01. The summed E-state index contributed by atoms with van der Waals surface area (Å²) >= 11 is 0. The Morgan fingerprint density at radius 1 is 1.35 bits per heavy atom. The number of aromatic nitrogens is 2. The standard InChI is InChI=1S/C16H22N4O3/c21-10-11-6-7-20-13(8-11)18-16(17-9-14(22)19-23)15(20)12-4-2-1-3-5-12/h6-8,12,17,21,23H,1-5,9-10H2,(H,19,22). The van der Waals surface area contributed by atoms with E-state index in [2.05, 4.69) is 10.3 Å². The molecule has 7 nitrogen and oxygen atoms in total. The van der Waals surface area contributed by atoms with Crippen LogP contribution >= 0.6 is 0 Å². The number of fused-ring (bicyclic) bond motifs is 1. The van der Waals surface area contributed by atoms with E-state index >= 15 is 0 Å². The van der Waals surface area contributed by atoms with Crippen LogP contribution in [0.4, 0.5) is 5.82 Å².